The minimum atomic E-state index is -0.554. The van der Waals surface area contributed by atoms with Crippen LogP contribution < -0.4 is 0 Å². The standard InChI is InChI=1S/C24H23NO2/c1-18-22(23(26)27-2)25(18)24(19-12-6-3-7-13-19,20-14-8-4-9-15-20)21-16-10-5-11-17-21/h3-18,22H,1-2H3. The summed E-state index contributed by atoms with van der Waals surface area (Å²) in [5, 5.41) is 0. The van der Waals surface area contributed by atoms with Gasteiger partial charge >= 0.3 is 5.97 Å². The number of esters is 1. The fraction of sp³-hybridized carbons (Fsp3) is 0.208. The molecule has 27 heavy (non-hydrogen) atoms. The van der Waals surface area contributed by atoms with Crippen molar-refractivity contribution in [3.05, 3.63) is 108 Å². The number of hydrogen-bond donors (Lipinski definition) is 0. The van der Waals surface area contributed by atoms with Gasteiger partial charge in [-0.2, -0.15) is 0 Å². The molecule has 0 saturated carbocycles. The Bertz CT molecular complexity index is 812. The maximum Gasteiger partial charge on any atom is 0.324 e. The van der Waals surface area contributed by atoms with Crippen LogP contribution in [0.2, 0.25) is 0 Å². The van der Waals surface area contributed by atoms with Gasteiger partial charge in [-0.05, 0) is 23.6 Å². The quantitative estimate of drug-likeness (QED) is 0.389. The molecule has 0 amide bonds. The molecule has 3 heteroatoms. The fourth-order valence-corrected chi connectivity index (χ4v) is 4.28. The van der Waals surface area contributed by atoms with E-state index in [0.717, 1.165) is 16.7 Å². The van der Waals surface area contributed by atoms with E-state index in [1.165, 1.54) is 7.11 Å². The predicted molar refractivity (Wildman–Crippen MR) is 106 cm³/mol. The summed E-state index contributed by atoms with van der Waals surface area (Å²) in [6.07, 6.45) is 0. The minimum absolute atomic E-state index is 0.0815. The van der Waals surface area contributed by atoms with E-state index in [1.54, 1.807) is 0 Å². The largest absolute Gasteiger partial charge is 0.468 e. The average Bonchev–Trinajstić information content (AvgIpc) is 3.41. The fourth-order valence-electron chi connectivity index (χ4n) is 4.28. The predicted octanol–water partition coefficient (Wildman–Crippen LogP) is 4.22. The second kappa shape index (κ2) is 7.01. The molecule has 4 rings (SSSR count). The highest BCUT2D eigenvalue weighted by Gasteiger charge is 2.62. The third kappa shape index (κ3) is 2.75. The van der Waals surface area contributed by atoms with Gasteiger partial charge in [-0.25, -0.2) is 0 Å². The van der Waals surface area contributed by atoms with Crippen LogP contribution in [0.1, 0.15) is 23.6 Å². The number of hydrogen-bond acceptors (Lipinski definition) is 3. The monoisotopic (exact) mass is 357 g/mol. The Balaban J connectivity index is 2.01. The molecule has 0 aromatic heterocycles. The van der Waals surface area contributed by atoms with E-state index >= 15 is 0 Å². The van der Waals surface area contributed by atoms with Crippen molar-refractivity contribution >= 4 is 5.97 Å². The molecule has 3 atom stereocenters. The summed E-state index contributed by atoms with van der Waals surface area (Å²) in [6, 6.07) is 31.0. The number of methoxy groups -OCH3 is 1. The number of carbonyl (C=O) groups excluding carboxylic acids is 1. The van der Waals surface area contributed by atoms with Gasteiger partial charge in [0.05, 0.1) is 12.6 Å². The molecule has 0 N–H and O–H groups in total. The molecule has 3 aromatic carbocycles. The van der Waals surface area contributed by atoms with Gasteiger partial charge in [0.25, 0.3) is 0 Å². The number of ether oxygens (including phenoxy) is 1. The highest BCUT2D eigenvalue weighted by atomic mass is 16.5. The number of benzene rings is 3. The molecule has 0 spiro atoms. The first kappa shape index (κ1) is 17.5. The van der Waals surface area contributed by atoms with Gasteiger partial charge in [-0.3, -0.25) is 9.69 Å². The van der Waals surface area contributed by atoms with Crippen molar-refractivity contribution in [2.24, 2.45) is 0 Å². The molecule has 1 aliphatic rings. The molecule has 1 heterocycles. The maximum atomic E-state index is 12.5. The summed E-state index contributed by atoms with van der Waals surface area (Å²) >= 11 is 0. The van der Waals surface area contributed by atoms with E-state index in [4.69, 9.17) is 4.74 Å². The van der Waals surface area contributed by atoms with E-state index in [2.05, 4.69) is 84.6 Å². The first-order valence-corrected chi connectivity index (χ1v) is 9.24. The van der Waals surface area contributed by atoms with E-state index in [1.807, 2.05) is 18.2 Å². The van der Waals surface area contributed by atoms with Crippen LogP contribution in [-0.4, -0.2) is 30.1 Å². The molecular formula is C24H23NO2. The molecule has 1 saturated heterocycles. The third-order valence-corrected chi connectivity index (χ3v) is 5.51. The number of rotatable bonds is 5. The molecule has 0 radical (unpaired) electrons. The molecule has 136 valence electrons. The van der Waals surface area contributed by atoms with Crippen molar-refractivity contribution in [2.75, 3.05) is 7.11 Å². The summed E-state index contributed by atoms with van der Waals surface area (Å²) in [5.41, 5.74) is 2.86. The van der Waals surface area contributed by atoms with Crippen molar-refractivity contribution in [3.8, 4) is 0 Å². The van der Waals surface area contributed by atoms with E-state index in [0.29, 0.717) is 0 Å². The highest BCUT2D eigenvalue weighted by Crippen LogP contribution is 2.51. The van der Waals surface area contributed by atoms with Crippen LogP contribution in [0.3, 0.4) is 0 Å². The smallest absolute Gasteiger partial charge is 0.324 e. The second-order valence-corrected chi connectivity index (χ2v) is 6.92. The van der Waals surface area contributed by atoms with E-state index in [-0.39, 0.29) is 18.1 Å². The molecule has 3 unspecified atom stereocenters. The summed E-state index contributed by atoms with van der Waals surface area (Å²) in [5.74, 6) is -0.185. The van der Waals surface area contributed by atoms with Crippen LogP contribution in [0.4, 0.5) is 0 Å². The van der Waals surface area contributed by atoms with Crippen LogP contribution in [0.5, 0.6) is 0 Å². The van der Waals surface area contributed by atoms with Crippen molar-refractivity contribution in [2.45, 2.75) is 24.5 Å². The zero-order valence-electron chi connectivity index (χ0n) is 15.6. The van der Waals surface area contributed by atoms with Gasteiger partial charge in [-0.1, -0.05) is 91.0 Å². The van der Waals surface area contributed by atoms with Crippen molar-refractivity contribution in [1.82, 2.24) is 4.90 Å². The Kier molecular flexibility index (Phi) is 4.54. The van der Waals surface area contributed by atoms with Gasteiger partial charge in [-0.15, -0.1) is 0 Å². The summed E-state index contributed by atoms with van der Waals surface area (Å²) < 4.78 is 5.10. The molecule has 0 aliphatic carbocycles. The Morgan fingerprint density at radius 1 is 0.778 bits per heavy atom. The lowest BCUT2D eigenvalue weighted by atomic mass is 9.76. The maximum absolute atomic E-state index is 12.5. The number of nitrogens with zero attached hydrogens (tertiary/aromatic N) is 1. The first-order valence-electron chi connectivity index (χ1n) is 9.24. The van der Waals surface area contributed by atoms with Crippen LogP contribution in [0.25, 0.3) is 0 Å². The molecular weight excluding hydrogens is 334 g/mol. The average molecular weight is 357 g/mol. The van der Waals surface area contributed by atoms with Crippen LogP contribution in [0, 0.1) is 0 Å². The summed E-state index contributed by atoms with van der Waals surface area (Å²) in [7, 11) is 1.46. The zero-order chi connectivity index (χ0) is 18.9. The van der Waals surface area contributed by atoms with Gasteiger partial charge in [0.15, 0.2) is 0 Å². The number of carbonyl (C=O) groups is 1. The Morgan fingerprint density at radius 3 is 1.48 bits per heavy atom. The summed E-state index contributed by atoms with van der Waals surface area (Å²) in [4.78, 5) is 14.7. The SMILES string of the molecule is COC(=O)C1C(C)N1C(c1ccccc1)(c1ccccc1)c1ccccc1. The first-order chi connectivity index (χ1) is 13.2. The lowest BCUT2D eigenvalue weighted by Gasteiger charge is -2.38. The lowest BCUT2D eigenvalue weighted by Crippen LogP contribution is -2.40. The Hall–Kier alpha value is -2.91. The molecule has 1 fully saturated rings. The Labute approximate surface area is 160 Å². The molecule has 0 bridgehead atoms. The van der Waals surface area contributed by atoms with Gasteiger partial charge in [0, 0.05) is 6.04 Å². The summed E-state index contributed by atoms with van der Waals surface area (Å²) in [6.45, 7) is 2.09. The van der Waals surface area contributed by atoms with Crippen LogP contribution in [0.15, 0.2) is 91.0 Å². The second-order valence-electron chi connectivity index (χ2n) is 6.92. The van der Waals surface area contributed by atoms with Gasteiger partial charge in [0.1, 0.15) is 6.04 Å². The van der Waals surface area contributed by atoms with Crippen molar-refractivity contribution in [3.63, 3.8) is 0 Å². The molecule has 3 aromatic rings. The minimum Gasteiger partial charge on any atom is -0.468 e. The zero-order valence-corrected chi connectivity index (χ0v) is 15.6. The normalized spacial score (nSPS) is 21.5. The van der Waals surface area contributed by atoms with E-state index in [9.17, 15) is 4.79 Å². The van der Waals surface area contributed by atoms with Crippen LogP contribution in [-0.2, 0) is 15.1 Å². The third-order valence-electron chi connectivity index (χ3n) is 5.51. The molecule has 3 nitrogen and oxygen atoms in total. The lowest BCUT2D eigenvalue weighted by molar-refractivity contribution is -0.141. The van der Waals surface area contributed by atoms with Crippen LogP contribution >= 0.6 is 0 Å². The van der Waals surface area contributed by atoms with E-state index < -0.39 is 5.54 Å². The van der Waals surface area contributed by atoms with Crippen molar-refractivity contribution in [1.29, 1.82) is 0 Å². The highest BCUT2D eigenvalue weighted by molar-refractivity contribution is 5.81. The Morgan fingerprint density at radius 2 is 1.15 bits per heavy atom. The topological polar surface area (TPSA) is 29.3 Å². The van der Waals surface area contributed by atoms with Crippen molar-refractivity contribution < 1.29 is 9.53 Å². The van der Waals surface area contributed by atoms with Gasteiger partial charge < -0.3 is 4.74 Å². The van der Waals surface area contributed by atoms with Gasteiger partial charge in [0.2, 0.25) is 0 Å². The molecule has 1 aliphatic heterocycles.